The van der Waals surface area contributed by atoms with E-state index in [1.807, 2.05) is 6.08 Å². The summed E-state index contributed by atoms with van der Waals surface area (Å²) >= 11 is 0. The molecule has 0 aliphatic carbocycles. The van der Waals surface area contributed by atoms with Gasteiger partial charge in [0.25, 0.3) is 0 Å². The maximum atomic E-state index is 13.5. The predicted molar refractivity (Wildman–Crippen MR) is 324 cm³/mol. The Balaban J connectivity index is 2.64. The van der Waals surface area contributed by atoms with E-state index in [9.17, 15) is 35.1 Å². The lowest BCUT2D eigenvalue weighted by Gasteiger charge is -2.41. The molecule has 1 aliphatic rings. The molecule has 0 radical (unpaired) electrons. The normalized spacial score (nSPS) is 19.2. The fourth-order valence-corrected chi connectivity index (χ4v) is 10.2. The number of aliphatic hydroxyl groups is 5. The highest BCUT2D eigenvalue weighted by atomic mass is 16.7. The van der Waals surface area contributed by atoms with Gasteiger partial charge in [-0.25, -0.2) is 0 Å². The fourth-order valence-electron chi connectivity index (χ4n) is 10.2. The lowest BCUT2D eigenvalue weighted by molar-refractivity contribution is -0.305. The van der Waals surface area contributed by atoms with Gasteiger partial charge >= 0.3 is 5.97 Å². The van der Waals surface area contributed by atoms with Gasteiger partial charge < -0.3 is 45.1 Å². The molecule has 1 aliphatic heterocycles. The summed E-state index contributed by atoms with van der Waals surface area (Å²) in [4.78, 5) is 26.6. The number of hydrogen-bond donors (Lipinski definition) is 6. The van der Waals surface area contributed by atoms with Gasteiger partial charge in [0.15, 0.2) is 12.4 Å². The molecule has 1 saturated heterocycles. The number of allylic oxidation sites excluding steroid dienone is 7. The highest BCUT2D eigenvalue weighted by Gasteiger charge is 2.47. The average Bonchev–Trinajstić information content (AvgIpc) is 3.45. The Hall–Kier alpha value is -2.38. The third kappa shape index (κ3) is 42.5. The van der Waals surface area contributed by atoms with Gasteiger partial charge in [0, 0.05) is 6.42 Å². The van der Waals surface area contributed by atoms with E-state index in [4.69, 9.17) is 14.2 Å². The number of carbonyl (C=O) groups excluding carboxylic acids is 2. The number of ether oxygens (including phenoxy) is 3. The highest BCUT2D eigenvalue weighted by molar-refractivity contribution is 5.80. The summed E-state index contributed by atoms with van der Waals surface area (Å²) in [6.07, 6.45) is 57.2. The molecule has 11 nitrogen and oxygen atoms in total. The number of esters is 1. The van der Waals surface area contributed by atoms with Crippen LogP contribution in [0.25, 0.3) is 0 Å². The quantitative estimate of drug-likeness (QED) is 0.0195. The van der Waals surface area contributed by atoms with Crippen LogP contribution in [-0.4, -0.2) is 99.6 Å². The van der Waals surface area contributed by atoms with Gasteiger partial charge in [-0.15, -0.1) is 0 Å². The number of carbonyl (C=O) groups is 2. The number of unbranched alkanes of at least 4 members (excludes halogenated alkanes) is 36. The minimum Gasteiger partial charge on any atom is -0.454 e. The summed E-state index contributed by atoms with van der Waals surface area (Å²) in [6.45, 7) is 5.78. The highest BCUT2D eigenvalue weighted by Crippen LogP contribution is 2.26. The van der Waals surface area contributed by atoms with Crippen LogP contribution in [0.1, 0.15) is 303 Å². The maximum absolute atomic E-state index is 13.5. The van der Waals surface area contributed by atoms with Gasteiger partial charge in [-0.05, 0) is 83.5 Å². The molecule has 0 aromatic carbocycles. The minimum absolute atomic E-state index is 0.105. The van der Waals surface area contributed by atoms with Crippen molar-refractivity contribution in [3.63, 3.8) is 0 Å². The van der Waals surface area contributed by atoms with Crippen LogP contribution in [0, 0.1) is 0 Å². The molecule has 0 spiro atoms. The van der Waals surface area contributed by atoms with Crippen molar-refractivity contribution in [3.05, 3.63) is 48.6 Å². The minimum atomic E-state index is -1.62. The number of aliphatic hydroxyl groups excluding tert-OH is 5. The Kier molecular flexibility index (Phi) is 52.1. The van der Waals surface area contributed by atoms with Gasteiger partial charge in [-0.2, -0.15) is 0 Å². The molecule has 0 saturated carbocycles. The second kappa shape index (κ2) is 55.2. The van der Waals surface area contributed by atoms with Crippen molar-refractivity contribution in [3.8, 4) is 0 Å². The first-order valence-corrected chi connectivity index (χ1v) is 32.9. The molecule has 1 rings (SSSR count). The molecule has 8 unspecified atom stereocenters. The standard InChI is InChI=1S/C67H123NO10/c1-4-7-10-13-16-19-22-25-27-28-29-30-31-32-33-34-36-39-42-45-48-51-54-60(71)66(75)68-58(59(70)53-50-47-44-41-38-35-24-21-18-15-12-9-6-3)57-76-67-65(64(74)63(73)61(56-69)77-67)78-62(72)55-52-49-46-43-40-37-26-23-20-17-14-11-8-5-2/h16,19,25,27,37,40,50,53,58-61,63-65,67,69-71,73-74H,4-15,17-18,20-24,26,28-36,38-39,41-49,51-52,54-57H2,1-3H3,(H,68,75)/b19-16-,27-25-,40-37-,53-50+. The Morgan fingerprint density at radius 1 is 0.500 bits per heavy atom. The first kappa shape index (κ1) is 73.6. The lowest BCUT2D eigenvalue weighted by atomic mass is 9.99. The molecule has 8 atom stereocenters. The van der Waals surface area contributed by atoms with Gasteiger partial charge in [0.1, 0.15) is 24.4 Å². The number of hydrogen-bond acceptors (Lipinski definition) is 10. The third-order valence-corrected chi connectivity index (χ3v) is 15.5. The van der Waals surface area contributed by atoms with Gasteiger partial charge in [-0.1, -0.05) is 262 Å². The molecule has 11 heteroatoms. The topological polar surface area (TPSA) is 175 Å². The molecule has 0 bridgehead atoms. The van der Waals surface area contributed by atoms with Crippen LogP contribution in [0.3, 0.4) is 0 Å². The maximum Gasteiger partial charge on any atom is 0.306 e. The monoisotopic (exact) mass is 1100 g/mol. The summed E-state index contributed by atoms with van der Waals surface area (Å²) in [6, 6.07) is -1.03. The fraction of sp³-hybridized carbons (Fsp3) is 0.851. The first-order valence-electron chi connectivity index (χ1n) is 32.9. The van der Waals surface area contributed by atoms with Crippen molar-refractivity contribution in [2.75, 3.05) is 13.2 Å². The molecule has 6 N–H and O–H groups in total. The van der Waals surface area contributed by atoms with E-state index in [0.717, 1.165) is 70.6 Å². The van der Waals surface area contributed by atoms with E-state index in [1.54, 1.807) is 6.08 Å². The molecule has 0 aromatic heterocycles. The lowest BCUT2D eigenvalue weighted by Crippen LogP contribution is -2.61. The summed E-state index contributed by atoms with van der Waals surface area (Å²) in [5.41, 5.74) is 0. The second-order valence-electron chi connectivity index (χ2n) is 22.8. The summed E-state index contributed by atoms with van der Waals surface area (Å²) < 4.78 is 17.6. The number of amides is 1. The smallest absolute Gasteiger partial charge is 0.306 e. The zero-order chi connectivity index (χ0) is 56.8. The van der Waals surface area contributed by atoms with Crippen LogP contribution in [0.2, 0.25) is 0 Å². The van der Waals surface area contributed by atoms with Crippen molar-refractivity contribution < 1.29 is 49.3 Å². The van der Waals surface area contributed by atoms with E-state index < -0.39 is 67.4 Å². The third-order valence-electron chi connectivity index (χ3n) is 15.5. The van der Waals surface area contributed by atoms with Crippen molar-refractivity contribution in [2.45, 2.75) is 352 Å². The van der Waals surface area contributed by atoms with E-state index in [-0.39, 0.29) is 19.4 Å². The molecule has 1 heterocycles. The summed E-state index contributed by atoms with van der Waals surface area (Å²) in [5, 5.41) is 57.1. The number of rotatable bonds is 56. The van der Waals surface area contributed by atoms with Crippen molar-refractivity contribution >= 4 is 11.9 Å². The van der Waals surface area contributed by atoms with Crippen molar-refractivity contribution in [1.29, 1.82) is 0 Å². The average molecular weight is 1100 g/mol. The van der Waals surface area contributed by atoms with Crippen LogP contribution < -0.4 is 5.32 Å². The molecular formula is C67H123NO10. The van der Waals surface area contributed by atoms with Crippen LogP contribution in [0.15, 0.2) is 48.6 Å². The second-order valence-corrected chi connectivity index (χ2v) is 22.8. The molecule has 78 heavy (non-hydrogen) atoms. The molecule has 1 fully saturated rings. The zero-order valence-corrected chi connectivity index (χ0v) is 50.5. The van der Waals surface area contributed by atoms with Crippen LogP contribution in [-0.2, 0) is 23.8 Å². The Morgan fingerprint density at radius 2 is 0.885 bits per heavy atom. The van der Waals surface area contributed by atoms with Crippen LogP contribution in [0.5, 0.6) is 0 Å². The van der Waals surface area contributed by atoms with Gasteiger partial charge in [-0.3, -0.25) is 9.59 Å². The Bertz CT molecular complexity index is 1450. The van der Waals surface area contributed by atoms with Crippen molar-refractivity contribution in [2.24, 2.45) is 0 Å². The SMILES string of the molecule is CCCCC/C=C\C/C=C\CCCCCCCCCCCCCCC(O)C(=O)NC(COC1OC(CO)C(O)C(O)C1OC(=O)CCCCC/C=C\CCCCCCCCC)C(O)/C=C/CCCCCCCCCCCCC. The predicted octanol–water partition coefficient (Wildman–Crippen LogP) is 16.0. The molecule has 1 amide bonds. The van der Waals surface area contributed by atoms with Crippen molar-refractivity contribution in [1.82, 2.24) is 5.32 Å². The summed E-state index contributed by atoms with van der Waals surface area (Å²) in [7, 11) is 0. The van der Waals surface area contributed by atoms with Gasteiger partial charge in [0.2, 0.25) is 5.91 Å². The Labute approximate surface area is 478 Å². The summed E-state index contributed by atoms with van der Waals surface area (Å²) in [5.74, 6) is -1.20. The van der Waals surface area contributed by atoms with Gasteiger partial charge in [0.05, 0.1) is 25.4 Å². The van der Waals surface area contributed by atoms with Crippen LogP contribution >= 0.6 is 0 Å². The van der Waals surface area contributed by atoms with E-state index in [1.165, 1.54) is 186 Å². The first-order chi connectivity index (χ1) is 38.2. The molecule has 0 aromatic rings. The van der Waals surface area contributed by atoms with E-state index in [2.05, 4.69) is 62.5 Å². The largest absolute Gasteiger partial charge is 0.454 e. The Morgan fingerprint density at radius 3 is 1.35 bits per heavy atom. The number of nitrogens with one attached hydrogen (secondary N) is 1. The molecule has 456 valence electrons. The van der Waals surface area contributed by atoms with E-state index >= 15 is 0 Å². The van der Waals surface area contributed by atoms with Crippen LogP contribution in [0.4, 0.5) is 0 Å². The van der Waals surface area contributed by atoms with E-state index in [0.29, 0.717) is 12.8 Å². The molecular weight excluding hydrogens is 979 g/mol. The zero-order valence-electron chi connectivity index (χ0n) is 50.5.